The van der Waals surface area contributed by atoms with E-state index in [0.717, 1.165) is 24.0 Å². The van der Waals surface area contributed by atoms with Crippen LogP contribution in [0.4, 0.5) is 0 Å². The molecule has 1 unspecified atom stereocenters. The summed E-state index contributed by atoms with van der Waals surface area (Å²) in [7, 11) is 0. The minimum absolute atomic E-state index is 0.353. The Labute approximate surface area is 121 Å². The van der Waals surface area contributed by atoms with E-state index in [1.807, 2.05) is 6.07 Å². The summed E-state index contributed by atoms with van der Waals surface area (Å²) in [6.07, 6.45) is 8.25. The van der Waals surface area contributed by atoms with E-state index < -0.39 is 0 Å². The molecule has 1 heterocycles. The molecular formula is C17H25NO2. The van der Waals surface area contributed by atoms with Gasteiger partial charge in [-0.1, -0.05) is 32.3 Å². The highest BCUT2D eigenvalue weighted by molar-refractivity contribution is 5.44. The third-order valence-electron chi connectivity index (χ3n) is 4.66. The molecule has 3 nitrogen and oxygen atoms in total. The van der Waals surface area contributed by atoms with Crippen molar-refractivity contribution >= 4 is 0 Å². The standard InChI is InChI=1S/C17H25NO2/c1-2-15(14-6-4-3-5-7-14)18-11-13-8-9-16-17(10-13)20-12-19-16/h8-10,14-15,18H,2-7,11-12H2,1H3. The normalized spacial score (nSPS) is 20.1. The van der Waals surface area contributed by atoms with Gasteiger partial charge in [-0.2, -0.15) is 0 Å². The lowest BCUT2D eigenvalue weighted by atomic mass is 9.83. The van der Waals surface area contributed by atoms with Crippen molar-refractivity contribution in [2.75, 3.05) is 6.79 Å². The highest BCUT2D eigenvalue weighted by atomic mass is 16.7. The maximum atomic E-state index is 5.44. The molecule has 1 fully saturated rings. The van der Waals surface area contributed by atoms with Crippen LogP contribution in [0.5, 0.6) is 11.5 Å². The Hall–Kier alpha value is -1.22. The van der Waals surface area contributed by atoms with Crippen LogP contribution in [-0.4, -0.2) is 12.8 Å². The number of fused-ring (bicyclic) bond motifs is 1. The van der Waals surface area contributed by atoms with E-state index in [0.29, 0.717) is 12.8 Å². The maximum absolute atomic E-state index is 5.44. The van der Waals surface area contributed by atoms with Crippen LogP contribution in [-0.2, 0) is 6.54 Å². The van der Waals surface area contributed by atoms with E-state index >= 15 is 0 Å². The second-order valence-electron chi connectivity index (χ2n) is 5.98. The molecule has 0 radical (unpaired) electrons. The monoisotopic (exact) mass is 275 g/mol. The van der Waals surface area contributed by atoms with Crippen molar-refractivity contribution < 1.29 is 9.47 Å². The van der Waals surface area contributed by atoms with E-state index in [4.69, 9.17) is 9.47 Å². The molecule has 1 atom stereocenters. The Morgan fingerprint density at radius 3 is 2.75 bits per heavy atom. The van der Waals surface area contributed by atoms with Gasteiger partial charge in [0.2, 0.25) is 6.79 Å². The molecule has 110 valence electrons. The van der Waals surface area contributed by atoms with Gasteiger partial charge >= 0.3 is 0 Å². The fourth-order valence-corrected chi connectivity index (χ4v) is 3.48. The summed E-state index contributed by atoms with van der Waals surface area (Å²) >= 11 is 0. The predicted molar refractivity (Wildman–Crippen MR) is 80.1 cm³/mol. The van der Waals surface area contributed by atoms with Crippen LogP contribution in [0.1, 0.15) is 51.0 Å². The summed E-state index contributed by atoms with van der Waals surface area (Å²) in [6.45, 7) is 3.57. The third-order valence-corrected chi connectivity index (χ3v) is 4.66. The molecule has 1 aliphatic carbocycles. The van der Waals surface area contributed by atoms with Crippen molar-refractivity contribution in [1.82, 2.24) is 5.32 Å². The first-order chi connectivity index (χ1) is 9.86. The zero-order chi connectivity index (χ0) is 13.8. The molecule has 2 aliphatic rings. The second-order valence-corrected chi connectivity index (χ2v) is 5.98. The minimum atomic E-state index is 0.353. The van der Waals surface area contributed by atoms with Gasteiger partial charge in [-0.3, -0.25) is 0 Å². The molecule has 1 aromatic carbocycles. The SMILES string of the molecule is CCC(NCc1ccc2c(c1)OCO2)C1CCCCC1. The molecule has 0 saturated heterocycles. The highest BCUT2D eigenvalue weighted by Gasteiger charge is 2.22. The summed E-state index contributed by atoms with van der Waals surface area (Å²) in [5, 5.41) is 3.75. The molecule has 20 heavy (non-hydrogen) atoms. The third kappa shape index (κ3) is 3.09. The van der Waals surface area contributed by atoms with E-state index in [9.17, 15) is 0 Å². The van der Waals surface area contributed by atoms with Crippen molar-refractivity contribution in [3.8, 4) is 11.5 Å². The molecule has 0 spiro atoms. The average Bonchev–Trinajstić information content (AvgIpc) is 2.96. The fraction of sp³-hybridized carbons (Fsp3) is 0.647. The summed E-state index contributed by atoms with van der Waals surface area (Å²) in [5.41, 5.74) is 1.28. The van der Waals surface area contributed by atoms with Gasteiger partial charge in [-0.25, -0.2) is 0 Å². The first-order valence-corrected chi connectivity index (χ1v) is 7.98. The first-order valence-electron chi connectivity index (χ1n) is 7.98. The van der Waals surface area contributed by atoms with Gasteiger partial charge in [0.05, 0.1) is 0 Å². The number of hydrogen-bond acceptors (Lipinski definition) is 3. The molecule has 0 bridgehead atoms. The van der Waals surface area contributed by atoms with E-state index in [1.54, 1.807) is 0 Å². The zero-order valence-corrected chi connectivity index (χ0v) is 12.4. The Bertz CT molecular complexity index is 441. The van der Waals surface area contributed by atoms with Crippen molar-refractivity contribution in [3.63, 3.8) is 0 Å². The Morgan fingerprint density at radius 2 is 1.95 bits per heavy atom. The summed E-state index contributed by atoms with van der Waals surface area (Å²) in [6, 6.07) is 6.90. The van der Waals surface area contributed by atoms with Gasteiger partial charge in [0.25, 0.3) is 0 Å². The lowest BCUT2D eigenvalue weighted by Gasteiger charge is -2.30. The van der Waals surface area contributed by atoms with Crippen LogP contribution < -0.4 is 14.8 Å². The van der Waals surface area contributed by atoms with Crippen molar-refractivity contribution in [2.24, 2.45) is 5.92 Å². The molecule has 0 amide bonds. The lowest BCUT2D eigenvalue weighted by molar-refractivity contribution is 0.174. The molecule has 1 aromatic rings. The number of rotatable bonds is 5. The van der Waals surface area contributed by atoms with Crippen molar-refractivity contribution in [3.05, 3.63) is 23.8 Å². The van der Waals surface area contributed by atoms with Gasteiger partial charge in [0.15, 0.2) is 11.5 Å². The van der Waals surface area contributed by atoms with Gasteiger partial charge in [-0.15, -0.1) is 0 Å². The van der Waals surface area contributed by atoms with E-state index in [-0.39, 0.29) is 0 Å². The van der Waals surface area contributed by atoms with Gasteiger partial charge in [0, 0.05) is 12.6 Å². The van der Waals surface area contributed by atoms with E-state index in [2.05, 4.69) is 24.4 Å². The Morgan fingerprint density at radius 1 is 1.15 bits per heavy atom. The van der Waals surface area contributed by atoms with Crippen LogP contribution in [0, 0.1) is 5.92 Å². The number of benzene rings is 1. The number of ether oxygens (including phenoxy) is 2. The van der Waals surface area contributed by atoms with Crippen LogP contribution in [0.2, 0.25) is 0 Å². The predicted octanol–water partition coefficient (Wildman–Crippen LogP) is 3.86. The maximum Gasteiger partial charge on any atom is 0.231 e. The van der Waals surface area contributed by atoms with Crippen LogP contribution in [0.25, 0.3) is 0 Å². The smallest absolute Gasteiger partial charge is 0.231 e. The zero-order valence-electron chi connectivity index (χ0n) is 12.4. The van der Waals surface area contributed by atoms with Crippen LogP contribution in [0.3, 0.4) is 0 Å². The highest BCUT2D eigenvalue weighted by Crippen LogP contribution is 2.33. The van der Waals surface area contributed by atoms with Crippen molar-refractivity contribution in [2.45, 2.75) is 58.0 Å². The fourth-order valence-electron chi connectivity index (χ4n) is 3.48. The number of hydrogen-bond donors (Lipinski definition) is 1. The molecule has 0 aromatic heterocycles. The van der Waals surface area contributed by atoms with Gasteiger partial charge in [-0.05, 0) is 42.9 Å². The summed E-state index contributed by atoms with van der Waals surface area (Å²) < 4.78 is 10.8. The molecule has 1 saturated carbocycles. The Kier molecular flexibility index (Phi) is 4.46. The first kappa shape index (κ1) is 13.7. The second kappa shape index (κ2) is 6.49. The van der Waals surface area contributed by atoms with E-state index in [1.165, 1.54) is 44.1 Å². The topological polar surface area (TPSA) is 30.5 Å². The number of nitrogens with one attached hydrogen (secondary N) is 1. The lowest BCUT2D eigenvalue weighted by Crippen LogP contribution is -2.36. The van der Waals surface area contributed by atoms with Crippen LogP contribution >= 0.6 is 0 Å². The quantitative estimate of drug-likeness (QED) is 0.885. The van der Waals surface area contributed by atoms with Crippen LogP contribution in [0.15, 0.2) is 18.2 Å². The average molecular weight is 275 g/mol. The molecule has 1 N–H and O–H groups in total. The molecule has 3 heteroatoms. The van der Waals surface area contributed by atoms with Crippen molar-refractivity contribution in [1.29, 1.82) is 0 Å². The molecule has 3 rings (SSSR count). The molecular weight excluding hydrogens is 250 g/mol. The summed E-state index contributed by atoms with van der Waals surface area (Å²) in [4.78, 5) is 0. The van der Waals surface area contributed by atoms with Gasteiger partial charge < -0.3 is 14.8 Å². The summed E-state index contributed by atoms with van der Waals surface area (Å²) in [5.74, 6) is 2.62. The molecule has 1 aliphatic heterocycles. The van der Waals surface area contributed by atoms with Gasteiger partial charge in [0.1, 0.15) is 0 Å². The Balaban J connectivity index is 1.57. The largest absolute Gasteiger partial charge is 0.454 e. The minimum Gasteiger partial charge on any atom is -0.454 e.